The van der Waals surface area contributed by atoms with E-state index in [4.69, 9.17) is 21.1 Å². The first-order valence-electron chi connectivity index (χ1n) is 5.70. The quantitative estimate of drug-likeness (QED) is 0.796. The van der Waals surface area contributed by atoms with Gasteiger partial charge in [0.25, 0.3) is 5.91 Å². The van der Waals surface area contributed by atoms with Gasteiger partial charge in [0.2, 0.25) is 0 Å². The van der Waals surface area contributed by atoms with E-state index in [2.05, 4.69) is 0 Å². The molecule has 1 aromatic rings. The van der Waals surface area contributed by atoms with Crippen LogP contribution in [-0.2, 0) is 9.53 Å². The van der Waals surface area contributed by atoms with Crippen molar-refractivity contribution < 1.29 is 14.3 Å². The third-order valence-electron chi connectivity index (χ3n) is 2.57. The van der Waals surface area contributed by atoms with Gasteiger partial charge < -0.3 is 14.4 Å². The molecule has 0 aliphatic rings. The third kappa shape index (κ3) is 4.55. The summed E-state index contributed by atoms with van der Waals surface area (Å²) in [7, 11) is 3.23. The Labute approximate surface area is 112 Å². The van der Waals surface area contributed by atoms with Crippen molar-refractivity contribution in [3.63, 3.8) is 0 Å². The number of halogens is 1. The Bertz CT molecular complexity index is 398. The van der Waals surface area contributed by atoms with Gasteiger partial charge in [-0.3, -0.25) is 4.79 Å². The maximum atomic E-state index is 11.7. The molecule has 0 bridgehead atoms. The predicted octanol–water partition coefficient (Wildman–Crippen LogP) is 2.21. The zero-order valence-corrected chi connectivity index (χ0v) is 11.6. The van der Waals surface area contributed by atoms with E-state index in [1.54, 1.807) is 31.0 Å². The van der Waals surface area contributed by atoms with Gasteiger partial charge in [0, 0.05) is 19.2 Å². The van der Waals surface area contributed by atoms with Crippen LogP contribution < -0.4 is 4.74 Å². The van der Waals surface area contributed by atoms with Gasteiger partial charge in [-0.15, -0.1) is 0 Å². The van der Waals surface area contributed by atoms with E-state index in [9.17, 15) is 4.79 Å². The first kappa shape index (κ1) is 14.8. The van der Waals surface area contributed by atoms with Crippen LogP contribution in [0.3, 0.4) is 0 Å². The Hall–Kier alpha value is -1.26. The van der Waals surface area contributed by atoms with E-state index < -0.39 is 6.10 Å². The van der Waals surface area contributed by atoms with Crippen molar-refractivity contribution in [2.45, 2.75) is 13.0 Å². The molecule has 0 aliphatic heterocycles. The van der Waals surface area contributed by atoms with Gasteiger partial charge in [-0.1, -0.05) is 17.7 Å². The molecule has 18 heavy (non-hydrogen) atoms. The van der Waals surface area contributed by atoms with Crippen molar-refractivity contribution in [1.29, 1.82) is 0 Å². The molecule has 0 heterocycles. The number of ether oxygens (including phenoxy) is 2. The second-order valence-corrected chi connectivity index (χ2v) is 4.38. The summed E-state index contributed by atoms with van der Waals surface area (Å²) < 4.78 is 10.5. The zero-order chi connectivity index (χ0) is 13.5. The monoisotopic (exact) mass is 271 g/mol. The number of rotatable bonds is 6. The van der Waals surface area contributed by atoms with Crippen LogP contribution in [-0.4, -0.2) is 44.2 Å². The molecule has 100 valence electrons. The summed E-state index contributed by atoms with van der Waals surface area (Å²) in [5.74, 6) is 0.635. The molecule has 0 fully saturated rings. The van der Waals surface area contributed by atoms with Crippen LogP contribution in [0.2, 0.25) is 5.02 Å². The maximum absolute atomic E-state index is 11.7. The average molecular weight is 272 g/mol. The lowest BCUT2D eigenvalue weighted by Gasteiger charge is -2.20. The highest BCUT2D eigenvalue weighted by Crippen LogP contribution is 2.16. The predicted molar refractivity (Wildman–Crippen MR) is 71.1 cm³/mol. The highest BCUT2D eigenvalue weighted by Gasteiger charge is 2.16. The van der Waals surface area contributed by atoms with E-state index in [0.717, 1.165) is 0 Å². The van der Waals surface area contributed by atoms with Crippen molar-refractivity contribution in [1.82, 2.24) is 4.90 Å². The van der Waals surface area contributed by atoms with Gasteiger partial charge in [-0.2, -0.15) is 0 Å². The summed E-state index contributed by atoms with van der Waals surface area (Å²) in [6, 6.07) is 7.16. The summed E-state index contributed by atoms with van der Waals surface area (Å²) in [6.07, 6.45) is -0.429. The molecular weight excluding hydrogens is 254 g/mol. The number of carbonyl (C=O) groups excluding carboxylic acids is 1. The molecule has 0 spiro atoms. The molecule has 0 saturated carbocycles. The first-order chi connectivity index (χ1) is 8.54. The van der Waals surface area contributed by atoms with Crippen molar-refractivity contribution in [2.75, 3.05) is 27.3 Å². The molecule has 1 rings (SSSR count). The number of methoxy groups -OCH3 is 1. The minimum absolute atomic E-state index is 0.0628. The summed E-state index contributed by atoms with van der Waals surface area (Å²) in [5.41, 5.74) is 0. The second kappa shape index (κ2) is 7.24. The number of amides is 1. The lowest BCUT2D eigenvalue weighted by Crippen LogP contribution is -2.38. The van der Waals surface area contributed by atoms with Crippen LogP contribution in [0.4, 0.5) is 0 Å². The van der Waals surface area contributed by atoms with E-state index in [1.807, 2.05) is 12.1 Å². The highest BCUT2D eigenvalue weighted by molar-refractivity contribution is 6.30. The Morgan fingerprint density at radius 1 is 1.50 bits per heavy atom. The highest BCUT2D eigenvalue weighted by atomic mass is 35.5. The molecule has 0 aromatic heterocycles. The van der Waals surface area contributed by atoms with Crippen LogP contribution >= 0.6 is 11.6 Å². The number of likely N-dealkylation sites (N-methyl/N-ethyl adjacent to an activating group) is 1. The smallest absolute Gasteiger partial charge is 0.251 e. The fraction of sp³-hybridized carbons (Fsp3) is 0.462. The summed E-state index contributed by atoms with van der Waals surface area (Å²) >= 11 is 5.84. The Morgan fingerprint density at radius 2 is 2.22 bits per heavy atom. The lowest BCUT2D eigenvalue weighted by atomic mass is 10.3. The summed E-state index contributed by atoms with van der Waals surface area (Å²) in [6.45, 7) is 2.63. The van der Waals surface area contributed by atoms with E-state index in [-0.39, 0.29) is 5.91 Å². The Kier molecular flexibility index (Phi) is 5.95. The van der Waals surface area contributed by atoms with Gasteiger partial charge in [0.15, 0.2) is 0 Å². The normalized spacial score (nSPS) is 12.0. The molecule has 0 N–H and O–H groups in total. The standard InChI is InChI=1S/C13H18ClNO3/c1-10(17-3)13(16)15(2)7-8-18-12-6-4-5-11(14)9-12/h4-6,9-10H,7-8H2,1-3H3. The fourth-order valence-electron chi connectivity index (χ4n) is 1.38. The van der Waals surface area contributed by atoms with Gasteiger partial charge in [0.05, 0.1) is 6.54 Å². The molecule has 4 nitrogen and oxygen atoms in total. The number of nitrogens with zero attached hydrogens (tertiary/aromatic N) is 1. The van der Waals surface area contributed by atoms with Crippen molar-refractivity contribution in [3.8, 4) is 5.75 Å². The van der Waals surface area contributed by atoms with Crippen LogP contribution in [0.1, 0.15) is 6.92 Å². The molecule has 1 aromatic carbocycles. The van der Waals surface area contributed by atoms with Crippen molar-refractivity contribution >= 4 is 17.5 Å². The summed E-state index contributed by atoms with van der Waals surface area (Å²) in [4.78, 5) is 13.3. The first-order valence-corrected chi connectivity index (χ1v) is 6.08. The van der Waals surface area contributed by atoms with Crippen LogP contribution in [0.5, 0.6) is 5.75 Å². The van der Waals surface area contributed by atoms with Crippen molar-refractivity contribution in [2.24, 2.45) is 0 Å². The minimum Gasteiger partial charge on any atom is -0.492 e. The number of benzene rings is 1. The number of carbonyl (C=O) groups is 1. The van der Waals surface area contributed by atoms with E-state index in [0.29, 0.717) is 23.9 Å². The zero-order valence-electron chi connectivity index (χ0n) is 10.9. The molecule has 1 unspecified atom stereocenters. The fourth-order valence-corrected chi connectivity index (χ4v) is 1.56. The van der Waals surface area contributed by atoms with Gasteiger partial charge in [0.1, 0.15) is 18.5 Å². The number of hydrogen-bond donors (Lipinski definition) is 0. The van der Waals surface area contributed by atoms with Crippen LogP contribution in [0.25, 0.3) is 0 Å². The lowest BCUT2D eigenvalue weighted by molar-refractivity contribution is -0.139. The van der Waals surface area contributed by atoms with Gasteiger partial charge >= 0.3 is 0 Å². The Morgan fingerprint density at radius 3 is 2.83 bits per heavy atom. The summed E-state index contributed by atoms with van der Waals surface area (Å²) in [5, 5.41) is 0.630. The molecule has 0 saturated heterocycles. The van der Waals surface area contributed by atoms with Crippen LogP contribution in [0.15, 0.2) is 24.3 Å². The van der Waals surface area contributed by atoms with Gasteiger partial charge in [-0.05, 0) is 25.1 Å². The third-order valence-corrected chi connectivity index (χ3v) is 2.80. The maximum Gasteiger partial charge on any atom is 0.251 e. The van der Waals surface area contributed by atoms with Gasteiger partial charge in [-0.25, -0.2) is 0 Å². The van der Waals surface area contributed by atoms with Crippen LogP contribution in [0, 0.1) is 0 Å². The molecule has 0 radical (unpaired) electrons. The minimum atomic E-state index is -0.429. The molecule has 5 heteroatoms. The molecule has 1 amide bonds. The second-order valence-electron chi connectivity index (χ2n) is 3.94. The van der Waals surface area contributed by atoms with E-state index in [1.165, 1.54) is 7.11 Å². The topological polar surface area (TPSA) is 38.8 Å². The molecule has 1 atom stereocenters. The average Bonchev–Trinajstić information content (AvgIpc) is 2.36. The Balaban J connectivity index is 2.35. The van der Waals surface area contributed by atoms with Crippen molar-refractivity contribution in [3.05, 3.63) is 29.3 Å². The van der Waals surface area contributed by atoms with E-state index >= 15 is 0 Å². The molecular formula is C13H18ClNO3. The number of hydrogen-bond acceptors (Lipinski definition) is 3. The SMILES string of the molecule is COC(C)C(=O)N(C)CCOc1cccc(Cl)c1. The molecule has 0 aliphatic carbocycles. The largest absolute Gasteiger partial charge is 0.492 e.